The summed E-state index contributed by atoms with van der Waals surface area (Å²) in [7, 11) is 1.85. The number of rotatable bonds is 5. The Morgan fingerprint density at radius 3 is 2.50 bits per heavy atom. The molecule has 1 heterocycles. The van der Waals surface area contributed by atoms with Crippen LogP contribution >= 0.6 is 0 Å². The summed E-state index contributed by atoms with van der Waals surface area (Å²) in [5, 5.41) is 10.1. The number of aliphatic carboxylic acids is 1. The minimum absolute atomic E-state index is 0.0524. The molecule has 0 aliphatic heterocycles. The Hall–Kier alpha value is -2.10. The molecule has 2 aromatic rings. The number of nitrogens with zero attached hydrogens (tertiary/aromatic N) is 1. The largest absolute Gasteiger partial charge is 0.481 e. The van der Waals surface area contributed by atoms with Crippen molar-refractivity contribution in [2.24, 2.45) is 13.0 Å². The van der Waals surface area contributed by atoms with Crippen molar-refractivity contribution in [2.45, 2.75) is 26.7 Å². The monoisotopic (exact) mass is 273 g/mol. The minimum atomic E-state index is -0.905. The van der Waals surface area contributed by atoms with E-state index in [0.717, 1.165) is 16.5 Å². The van der Waals surface area contributed by atoms with E-state index >= 15 is 0 Å². The highest BCUT2D eigenvalue weighted by molar-refractivity contribution is 6.03. The summed E-state index contributed by atoms with van der Waals surface area (Å²) in [6.45, 7) is 3.71. The van der Waals surface area contributed by atoms with Gasteiger partial charge in [-0.3, -0.25) is 9.59 Å². The number of ketones is 1. The molecule has 1 atom stereocenters. The van der Waals surface area contributed by atoms with Crippen molar-refractivity contribution in [1.82, 2.24) is 4.57 Å². The maximum atomic E-state index is 12.4. The van der Waals surface area contributed by atoms with Gasteiger partial charge < -0.3 is 9.67 Å². The van der Waals surface area contributed by atoms with Crippen LogP contribution in [0.1, 0.15) is 35.8 Å². The van der Waals surface area contributed by atoms with E-state index in [1.165, 1.54) is 0 Å². The van der Waals surface area contributed by atoms with E-state index in [4.69, 9.17) is 5.11 Å². The maximum Gasteiger partial charge on any atom is 0.306 e. The Kier molecular flexibility index (Phi) is 3.93. The quantitative estimate of drug-likeness (QED) is 0.851. The average Bonchev–Trinajstić information content (AvgIpc) is 2.68. The molecule has 1 unspecified atom stereocenters. The van der Waals surface area contributed by atoms with Crippen LogP contribution in [0.4, 0.5) is 0 Å². The molecule has 106 valence electrons. The van der Waals surface area contributed by atoms with Crippen LogP contribution in [0.15, 0.2) is 24.3 Å². The topological polar surface area (TPSA) is 59.3 Å². The van der Waals surface area contributed by atoms with Crippen molar-refractivity contribution in [3.05, 3.63) is 35.5 Å². The number of fused-ring (bicyclic) bond motifs is 1. The van der Waals surface area contributed by atoms with Crippen LogP contribution in [0, 0.1) is 12.8 Å². The number of aromatic nitrogens is 1. The molecule has 0 aliphatic rings. The molecule has 20 heavy (non-hydrogen) atoms. The third-order valence-corrected chi connectivity index (χ3v) is 3.90. The first-order valence-corrected chi connectivity index (χ1v) is 6.77. The van der Waals surface area contributed by atoms with Crippen molar-refractivity contribution in [2.75, 3.05) is 0 Å². The molecule has 0 fully saturated rings. The van der Waals surface area contributed by atoms with Gasteiger partial charge >= 0.3 is 5.97 Å². The Morgan fingerprint density at radius 1 is 1.30 bits per heavy atom. The van der Waals surface area contributed by atoms with E-state index in [1.54, 1.807) is 6.92 Å². The summed E-state index contributed by atoms with van der Waals surface area (Å²) < 4.78 is 1.86. The van der Waals surface area contributed by atoms with Crippen LogP contribution < -0.4 is 0 Å². The van der Waals surface area contributed by atoms with E-state index < -0.39 is 11.9 Å². The Morgan fingerprint density at radius 2 is 1.95 bits per heavy atom. The van der Waals surface area contributed by atoms with Gasteiger partial charge in [-0.2, -0.15) is 0 Å². The lowest BCUT2D eigenvalue weighted by Crippen LogP contribution is -2.19. The number of carbonyl (C=O) groups excluding carboxylic acids is 1. The van der Waals surface area contributed by atoms with Gasteiger partial charge in [-0.15, -0.1) is 0 Å². The van der Waals surface area contributed by atoms with Crippen LogP contribution in [0.25, 0.3) is 10.9 Å². The molecule has 0 amide bonds. The van der Waals surface area contributed by atoms with Gasteiger partial charge in [0.2, 0.25) is 0 Å². The van der Waals surface area contributed by atoms with Gasteiger partial charge in [-0.1, -0.05) is 25.1 Å². The summed E-state index contributed by atoms with van der Waals surface area (Å²) in [5.74, 6) is -1.62. The molecule has 0 spiro atoms. The van der Waals surface area contributed by atoms with Crippen molar-refractivity contribution in [1.29, 1.82) is 0 Å². The molecule has 0 radical (unpaired) electrons. The molecule has 0 saturated heterocycles. The second-order valence-corrected chi connectivity index (χ2v) is 5.12. The van der Waals surface area contributed by atoms with Gasteiger partial charge in [0, 0.05) is 24.4 Å². The van der Waals surface area contributed by atoms with Gasteiger partial charge in [0.05, 0.1) is 11.6 Å². The SMILES string of the molecule is CCC(CC(=O)c1c(C)c2ccccc2n1C)C(=O)O. The van der Waals surface area contributed by atoms with Crippen LogP contribution in [-0.4, -0.2) is 21.4 Å². The fourth-order valence-corrected chi connectivity index (χ4v) is 2.71. The number of hydrogen-bond acceptors (Lipinski definition) is 2. The number of aryl methyl sites for hydroxylation is 2. The van der Waals surface area contributed by atoms with Crippen molar-refractivity contribution in [3.8, 4) is 0 Å². The maximum absolute atomic E-state index is 12.4. The van der Waals surface area contributed by atoms with E-state index in [1.807, 2.05) is 42.8 Å². The number of carboxylic acid groups (broad SMARTS) is 1. The Labute approximate surface area is 118 Å². The zero-order valence-corrected chi connectivity index (χ0v) is 12.0. The third-order valence-electron chi connectivity index (χ3n) is 3.90. The van der Waals surface area contributed by atoms with Crippen LogP contribution in [0.2, 0.25) is 0 Å². The van der Waals surface area contributed by atoms with E-state index in [0.29, 0.717) is 12.1 Å². The molecule has 0 aliphatic carbocycles. The third kappa shape index (κ3) is 2.33. The van der Waals surface area contributed by atoms with Crippen molar-refractivity contribution in [3.63, 3.8) is 0 Å². The fourth-order valence-electron chi connectivity index (χ4n) is 2.71. The zero-order chi connectivity index (χ0) is 14.9. The first-order valence-electron chi connectivity index (χ1n) is 6.77. The standard InChI is InChI=1S/C16H19NO3/c1-4-11(16(19)20)9-14(18)15-10(2)12-7-5-6-8-13(12)17(15)3/h5-8,11H,4,9H2,1-3H3,(H,19,20). The lowest BCUT2D eigenvalue weighted by atomic mass is 9.97. The first-order chi connectivity index (χ1) is 9.47. The Bertz CT molecular complexity index is 631. The molecular formula is C16H19NO3. The number of carboxylic acids is 1. The average molecular weight is 273 g/mol. The number of carbonyl (C=O) groups is 2. The summed E-state index contributed by atoms with van der Waals surface area (Å²) >= 11 is 0. The number of hydrogen-bond donors (Lipinski definition) is 1. The molecule has 1 aromatic carbocycles. The second-order valence-electron chi connectivity index (χ2n) is 5.12. The molecule has 0 saturated carbocycles. The predicted octanol–water partition coefficient (Wildman–Crippen LogP) is 3.17. The normalized spacial score (nSPS) is 12.6. The lowest BCUT2D eigenvalue weighted by Gasteiger charge is -2.10. The minimum Gasteiger partial charge on any atom is -0.481 e. The van der Waals surface area contributed by atoms with Gasteiger partial charge in [0.1, 0.15) is 0 Å². The van der Waals surface area contributed by atoms with Crippen LogP contribution in [0.5, 0.6) is 0 Å². The molecule has 4 nitrogen and oxygen atoms in total. The number of benzene rings is 1. The van der Waals surface area contributed by atoms with E-state index in [9.17, 15) is 9.59 Å². The number of Topliss-reactive ketones (excluding diaryl/α,β-unsaturated/α-hetero) is 1. The summed E-state index contributed by atoms with van der Waals surface area (Å²) in [5.41, 5.74) is 2.54. The highest BCUT2D eigenvalue weighted by Crippen LogP contribution is 2.26. The van der Waals surface area contributed by atoms with E-state index in [2.05, 4.69) is 0 Å². The van der Waals surface area contributed by atoms with Crippen LogP contribution in [0.3, 0.4) is 0 Å². The molecule has 1 N–H and O–H groups in total. The zero-order valence-electron chi connectivity index (χ0n) is 12.0. The van der Waals surface area contributed by atoms with Gasteiger partial charge in [0.25, 0.3) is 0 Å². The summed E-state index contributed by atoms with van der Waals surface area (Å²) in [6, 6.07) is 7.82. The molecule has 4 heteroatoms. The van der Waals surface area contributed by atoms with Crippen molar-refractivity contribution < 1.29 is 14.7 Å². The number of para-hydroxylation sites is 1. The summed E-state index contributed by atoms with van der Waals surface area (Å²) in [4.78, 5) is 23.5. The van der Waals surface area contributed by atoms with Crippen molar-refractivity contribution >= 4 is 22.7 Å². The van der Waals surface area contributed by atoms with E-state index in [-0.39, 0.29) is 12.2 Å². The predicted molar refractivity (Wildman–Crippen MR) is 78.0 cm³/mol. The molecule has 2 rings (SSSR count). The van der Waals surface area contributed by atoms with Gasteiger partial charge in [-0.25, -0.2) is 0 Å². The Balaban J connectivity index is 2.42. The summed E-state index contributed by atoms with van der Waals surface area (Å²) in [6.07, 6.45) is 0.515. The first kappa shape index (κ1) is 14.3. The highest BCUT2D eigenvalue weighted by Gasteiger charge is 2.24. The fraction of sp³-hybridized carbons (Fsp3) is 0.375. The highest BCUT2D eigenvalue weighted by atomic mass is 16.4. The molecule has 1 aromatic heterocycles. The van der Waals surface area contributed by atoms with Gasteiger partial charge in [-0.05, 0) is 25.0 Å². The molecular weight excluding hydrogens is 254 g/mol. The van der Waals surface area contributed by atoms with Gasteiger partial charge in [0.15, 0.2) is 5.78 Å². The smallest absolute Gasteiger partial charge is 0.306 e. The van der Waals surface area contributed by atoms with Crippen LogP contribution in [-0.2, 0) is 11.8 Å². The molecule has 0 bridgehead atoms. The lowest BCUT2D eigenvalue weighted by molar-refractivity contribution is -0.141. The second kappa shape index (κ2) is 5.49.